The van der Waals surface area contributed by atoms with Crippen LogP contribution >= 0.6 is 7.37 Å². The van der Waals surface area contributed by atoms with Crippen molar-refractivity contribution in [2.75, 3.05) is 27.0 Å². The molecule has 3 atom stereocenters. The molecule has 4 rings (SSSR count). The molecule has 1 aliphatic rings. The highest BCUT2D eigenvalue weighted by Crippen LogP contribution is 2.51. The van der Waals surface area contributed by atoms with Crippen LogP contribution < -0.4 is 9.47 Å². The molecule has 204 valence electrons. The first-order valence-electron chi connectivity index (χ1n) is 13.3. The molecule has 0 saturated heterocycles. The monoisotopic (exact) mass is 536 g/mol. The van der Waals surface area contributed by atoms with Crippen molar-refractivity contribution >= 4 is 7.37 Å². The largest absolute Gasteiger partial charge is 0.497 e. The average molecular weight is 537 g/mol. The molecule has 1 saturated carbocycles. The van der Waals surface area contributed by atoms with Crippen molar-refractivity contribution < 1.29 is 23.7 Å². The van der Waals surface area contributed by atoms with Crippen LogP contribution in [0.25, 0.3) is 11.1 Å². The van der Waals surface area contributed by atoms with Gasteiger partial charge in [0.15, 0.2) is 7.37 Å². The highest BCUT2D eigenvalue weighted by atomic mass is 31.2. The molecule has 0 bridgehead atoms. The Morgan fingerprint density at radius 2 is 1.68 bits per heavy atom. The van der Waals surface area contributed by atoms with Crippen molar-refractivity contribution in [1.29, 1.82) is 0 Å². The predicted molar refractivity (Wildman–Crippen MR) is 154 cm³/mol. The van der Waals surface area contributed by atoms with Crippen LogP contribution in [0.2, 0.25) is 0 Å². The van der Waals surface area contributed by atoms with Crippen LogP contribution in [0.5, 0.6) is 11.5 Å². The summed E-state index contributed by atoms with van der Waals surface area (Å²) in [6, 6.07) is 22.6. The molecule has 3 aromatic carbocycles. The van der Waals surface area contributed by atoms with E-state index >= 15 is 0 Å². The van der Waals surface area contributed by atoms with E-state index in [9.17, 15) is 9.46 Å². The van der Waals surface area contributed by atoms with E-state index in [0.29, 0.717) is 18.7 Å². The lowest BCUT2D eigenvalue weighted by Crippen LogP contribution is -2.21. The molecule has 6 heteroatoms. The highest BCUT2D eigenvalue weighted by molar-refractivity contribution is 7.57. The van der Waals surface area contributed by atoms with Crippen molar-refractivity contribution in [3.8, 4) is 22.6 Å². The summed E-state index contributed by atoms with van der Waals surface area (Å²) in [5.41, 5.74) is 5.32. The summed E-state index contributed by atoms with van der Waals surface area (Å²) < 4.78 is 29.9. The first kappa shape index (κ1) is 28.4. The minimum absolute atomic E-state index is 0.0994. The molecule has 1 N–H and O–H groups in total. The minimum Gasteiger partial charge on any atom is -0.497 e. The van der Waals surface area contributed by atoms with Gasteiger partial charge in [-0.25, -0.2) is 0 Å². The lowest BCUT2D eigenvalue weighted by Gasteiger charge is -2.32. The van der Waals surface area contributed by atoms with E-state index in [-0.39, 0.29) is 17.4 Å². The molecule has 1 aliphatic carbocycles. The lowest BCUT2D eigenvalue weighted by atomic mass is 9.81. The van der Waals surface area contributed by atoms with Gasteiger partial charge in [0.05, 0.1) is 13.2 Å². The number of hydrogen-bond acceptors (Lipinski definition) is 4. The summed E-state index contributed by atoms with van der Waals surface area (Å²) in [5, 5.41) is 0. The molecular formula is C32H41O5P. The van der Waals surface area contributed by atoms with Crippen LogP contribution in [-0.2, 0) is 15.9 Å². The summed E-state index contributed by atoms with van der Waals surface area (Å²) in [6.07, 6.45) is 2.44. The third-order valence-corrected chi connectivity index (χ3v) is 8.29. The van der Waals surface area contributed by atoms with Crippen LogP contribution in [0.3, 0.4) is 0 Å². The maximum Gasteiger partial charge on any atom is 0.198 e. The molecule has 1 fully saturated rings. The highest BCUT2D eigenvalue weighted by Gasteiger charge is 2.35. The third-order valence-electron chi connectivity index (χ3n) is 7.22. The quantitative estimate of drug-likeness (QED) is 0.251. The zero-order valence-corrected chi connectivity index (χ0v) is 24.3. The summed E-state index contributed by atoms with van der Waals surface area (Å²) >= 11 is 0. The minimum atomic E-state index is -3.11. The van der Waals surface area contributed by atoms with Crippen molar-refractivity contribution in [1.82, 2.24) is 0 Å². The van der Waals surface area contributed by atoms with E-state index in [1.807, 2.05) is 36.4 Å². The maximum atomic E-state index is 12.2. The van der Waals surface area contributed by atoms with E-state index in [1.165, 1.54) is 6.66 Å². The van der Waals surface area contributed by atoms with Gasteiger partial charge >= 0.3 is 0 Å². The summed E-state index contributed by atoms with van der Waals surface area (Å²) in [4.78, 5) is 10.0. The second-order valence-electron chi connectivity index (χ2n) is 11.7. The normalized spacial score (nSPS) is 16.9. The Morgan fingerprint density at radius 1 is 0.974 bits per heavy atom. The zero-order valence-electron chi connectivity index (χ0n) is 23.4. The van der Waals surface area contributed by atoms with Crippen molar-refractivity contribution in [3.05, 3.63) is 83.4 Å². The van der Waals surface area contributed by atoms with Gasteiger partial charge in [-0.05, 0) is 88.2 Å². The lowest BCUT2D eigenvalue weighted by molar-refractivity contribution is 0.0155. The number of ether oxygens (including phenoxy) is 3. The Balaban J connectivity index is 1.61. The number of rotatable bonds is 11. The smallest absolute Gasteiger partial charge is 0.198 e. The predicted octanol–water partition coefficient (Wildman–Crippen LogP) is 8.07. The first-order chi connectivity index (χ1) is 18.0. The van der Waals surface area contributed by atoms with Crippen LogP contribution in [0, 0.1) is 11.3 Å². The molecule has 2 unspecified atom stereocenters. The second kappa shape index (κ2) is 11.7. The Bertz CT molecular complexity index is 1290. The summed E-state index contributed by atoms with van der Waals surface area (Å²) in [6.45, 7) is 8.42. The summed E-state index contributed by atoms with van der Waals surface area (Å²) in [5.74, 6) is 2.17. The molecule has 0 radical (unpaired) electrons. The molecule has 0 aliphatic heterocycles. The average Bonchev–Trinajstić information content (AvgIpc) is 3.71. The number of hydrogen-bond donors (Lipinski definition) is 1. The van der Waals surface area contributed by atoms with Crippen LogP contribution in [0.15, 0.2) is 66.7 Å². The standard InChI is InChI=1S/C32H41O5P/c1-32(2,3)31(36-5)29-17-22(13-16-28(29)24-9-7-11-26(18-24)35-4)20-37-27-12-8-10-25(19-27)30(23-14-15-23)21-38(6,33)34/h7-13,16-19,23,30-31H,14-15,20-21H2,1-6H3,(H,33,34)/t30-,31?/m0/s1. The fraction of sp³-hybridized carbons (Fsp3) is 0.438. The van der Waals surface area contributed by atoms with E-state index in [1.54, 1.807) is 14.2 Å². The number of benzene rings is 3. The van der Waals surface area contributed by atoms with Gasteiger partial charge in [0.25, 0.3) is 0 Å². The maximum absolute atomic E-state index is 12.2. The van der Waals surface area contributed by atoms with E-state index in [4.69, 9.17) is 14.2 Å². The van der Waals surface area contributed by atoms with Crippen molar-refractivity contribution in [3.63, 3.8) is 0 Å². The molecule has 0 amide bonds. The van der Waals surface area contributed by atoms with Gasteiger partial charge in [0.1, 0.15) is 18.1 Å². The molecule has 5 nitrogen and oxygen atoms in total. The van der Waals surface area contributed by atoms with Crippen molar-refractivity contribution in [2.45, 2.75) is 52.2 Å². The molecule has 0 heterocycles. The Labute approximate surface area is 227 Å². The Hall–Kier alpha value is -2.59. The van der Waals surface area contributed by atoms with Gasteiger partial charge in [-0.15, -0.1) is 0 Å². The summed E-state index contributed by atoms with van der Waals surface area (Å²) in [7, 11) is 0.335. The van der Waals surface area contributed by atoms with Crippen LogP contribution in [-0.4, -0.2) is 31.9 Å². The first-order valence-corrected chi connectivity index (χ1v) is 15.6. The SMILES string of the molecule is COc1cccc(-c2ccc(COc3cccc([C@@H](CP(C)(=O)O)C4CC4)c3)cc2C(OC)C(C)(C)C)c1. The van der Waals surface area contributed by atoms with Gasteiger partial charge in [-0.1, -0.05) is 57.2 Å². The van der Waals surface area contributed by atoms with E-state index in [2.05, 4.69) is 51.1 Å². The van der Waals surface area contributed by atoms with E-state index < -0.39 is 7.37 Å². The second-order valence-corrected chi connectivity index (χ2v) is 14.1. The van der Waals surface area contributed by atoms with Crippen molar-refractivity contribution in [2.24, 2.45) is 11.3 Å². The van der Waals surface area contributed by atoms with Crippen LogP contribution in [0.4, 0.5) is 0 Å². The molecule has 0 spiro atoms. The fourth-order valence-corrected chi connectivity index (χ4v) is 6.55. The molecule has 3 aromatic rings. The van der Waals surface area contributed by atoms with Gasteiger partial charge in [0.2, 0.25) is 0 Å². The molecule has 38 heavy (non-hydrogen) atoms. The Kier molecular flexibility index (Phi) is 8.72. The van der Waals surface area contributed by atoms with E-state index in [0.717, 1.165) is 52.2 Å². The number of methoxy groups -OCH3 is 2. The van der Waals surface area contributed by atoms with Gasteiger partial charge in [-0.3, -0.25) is 4.57 Å². The fourth-order valence-electron chi connectivity index (χ4n) is 5.31. The topological polar surface area (TPSA) is 65.0 Å². The van der Waals surface area contributed by atoms with Gasteiger partial charge in [0, 0.05) is 19.9 Å². The Morgan fingerprint density at radius 3 is 2.32 bits per heavy atom. The van der Waals surface area contributed by atoms with Gasteiger partial charge < -0.3 is 19.1 Å². The third kappa shape index (κ3) is 7.28. The molecular weight excluding hydrogens is 495 g/mol. The zero-order chi connectivity index (χ0) is 27.5. The van der Waals surface area contributed by atoms with Gasteiger partial charge in [-0.2, -0.15) is 0 Å². The molecule has 0 aromatic heterocycles. The van der Waals surface area contributed by atoms with Crippen LogP contribution in [0.1, 0.15) is 62.3 Å².